The number of carbonyl (C=O) groups excluding carboxylic acids is 2. The number of nitrogens with zero attached hydrogens (tertiary/aromatic N) is 2. The summed E-state index contributed by atoms with van der Waals surface area (Å²) < 4.78 is 44.7. The number of hydrogen-bond donors (Lipinski definition) is 1. The number of benzene rings is 1. The Morgan fingerprint density at radius 1 is 1.04 bits per heavy atom. The zero-order valence-corrected chi connectivity index (χ0v) is 14.4. The number of carbonyl (C=O) groups is 2. The fourth-order valence-corrected chi connectivity index (χ4v) is 2.83. The summed E-state index contributed by atoms with van der Waals surface area (Å²) in [6.45, 7) is 2.57. The van der Waals surface area contributed by atoms with Gasteiger partial charge in [0.2, 0.25) is 5.91 Å². The Labute approximate surface area is 153 Å². The van der Waals surface area contributed by atoms with Crippen molar-refractivity contribution in [1.29, 1.82) is 0 Å². The van der Waals surface area contributed by atoms with Gasteiger partial charge in [0.1, 0.15) is 0 Å². The van der Waals surface area contributed by atoms with Gasteiger partial charge < -0.3 is 14.6 Å². The molecule has 1 aromatic carbocycles. The molecule has 1 aliphatic heterocycles. The van der Waals surface area contributed by atoms with Crippen LogP contribution >= 0.6 is 0 Å². The number of rotatable bonds is 5. The molecule has 9 heteroatoms. The highest BCUT2D eigenvalue weighted by atomic mass is 19.2. The predicted molar refractivity (Wildman–Crippen MR) is 90.6 cm³/mol. The van der Waals surface area contributed by atoms with Crippen molar-refractivity contribution in [2.45, 2.75) is 6.42 Å². The van der Waals surface area contributed by atoms with Crippen LogP contribution in [0.5, 0.6) is 0 Å². The van der Waals surface area contributed by atoms with Gasteiger partial charge in [-0.1, -0.05) is 0 Å². The third kappa shape index (κ3) is 4.48. The number of halogens is 3. The van der Waals surface area contributed by atoms with Crippen LogP contribution in [0.4, 0.5) is 18.9 Å². The van der Waals surface area contributed by atoms with Crippen LogP contribution in [-0.2, 0) is 4.79 Å². The normalized spacial score (nSPS) is 15.0. The summed E-state index contributed by atoms with van der Waals surface area (Å²) in [5.74, 6) is -4.75. The number of furan rings is 1. The first-order valence-electron chi connectivity index (χ1n) is 8.44. The standard InChI is InChI=1S/C18H18F3N3O3/c19-12-3-4-13(17(21)16(12)20)22-15(25)5-6-23-7-9-24(10-8-23)18(26)14-2-1-11-27-14/h1-4,11H,5-10H2,(H,22,25). The number of hydrogen-bond acceptors (Lipinski definition) is 4. The van der Waals surface area contributed by atoms with E-state index in [1.807, 2.05) is 4.90 Å². The molecule has 1 aromatic heterocycles. The summed E-state index contributed by atoms with van der Waals surface area (Å²) in [7, 11) is 0. The summed E-state index contributed by atoms with van der Waals surface area (Å²) in [5, 5.41) is 2.24. The molecule has 0 atom stereocenters. The molecule has 0 saturated carbocycles. The van der Waals surface area contributed by atoms with Crippen LogP contribution in [0.15, 0.2) is 34.9 Å². The van der Waals surface area contributed by atoms with Crippen molar-refractivity contribution < 1.29 is 27.2 Å². The first-order valence-corrected chi connectivity index (χ1v) is 8.44. The average molecular weight is 381 g/mol. The first-order chi connectivity index (χ1) is 13.0. The van der Waals surface area contributed by atoms with E-state index in [1.54, 1.807) is 17.0 Å². The molecule has 0 unspecified atom stereocenters. The molecule has 2 aromatic rings. The zero-order chi connectivity index (χ0) is 19.4. The maximum Gasteiger partial charge on any atom is 0.289 e. The molecule has 0 spiro atoms. The van der Waals surface area contributed by atoms with Gasteiger partial charge >= 0.3 is 0 Å². The minimum absolute atomic E-state index is 0.0601. The van der Waals surface area contributed by atoms with Crippen molar-refractivity contribution >= 4 is 17.5 Å². The van der Waals surface area contributed by atoms with E-state index in [9.17, 15) is 22.8 Å². The maximum absolute atomic E-state index is 13.6. The average Bonchev–Trinajstić information content (AvgIpc) is 3.21. The molecule has 0 aliphatic carbocycles. The maximum atomic E-state index is 13.6. The molecule has 27 heavy (non-hydrogen) atoms. The molecular formula is C18H18F3N3O3. The zero-order valence-electron chi connectivity index (χ0n) is 14.4. The fraction of sp³-hybridized carbons (Fsp3) is 0.333. The Bertz CT molecular complexity index is 819. The Hall–Kier alpha value is -2.81. The second-order valence-electron chi connectivity index (χ2n) is 6.13. The Balaban J connectivity index is 1.44. The highest BCUT2D eigenvalue weighted by Gasteiger charge is 2.24. The van der Waals surface area contributed by atoms with Gasteiger partial charge in [0.15, 0.2) is 23.2 Å². The van der Waals surface area contributed by atoms with Gasteiger partial charge in [-0.3, -0.25) is 14.5 Å². The lowest BCUT2D eigenvalue weighted by atomic mass is 10.2. The van der Waals surface area contributed by atoms with Gasteiger partial charge in [0.25, 0.3) is 5.91 Å². The van der Waals surface area contributed by atoms with E-state index in [-0.39, 0.29) is 18.1 Å². The van der Waals surface area contributed by atoms with Crippen LogP contribution in [0.1, 0.15) is 17.0 Å². The van der Waals surface area contributed by atoms with Crippen molar-refractivity contribution in [2.75, 3.05) is 38.0 Å². The molecule has 1 N–H and O–H groups in total. The van der Waals surface area contributed by atoms with E-state index in [0.717, 1.165) is 12.1 Å². The summed E-state index contributed by atoms with van der Waals surface area (Å²) in [6.07, 6.45) is 1.50. The van der Waals surface area contributed by atoms with Crippen molar-refractivity contribution in [3.8, 4) is 0 Å². The fourth-order valence-electron chi connectivity index (χ4n) is 2.83. The van der Waals surface area contributed by atoms with Crippen LogP contribution in [-0.4, -0.2) is 54.3 Å². The second kappa shape index (κ2) is 8.26. The lowest BCUT2D eigenvalue weighted by Gasteiger charge is -2.34. The minimum atomic E-state index is -1.62. The Morgan fingerprint density at radius 2 is 1.78 bits per heavy atom. The van der Waals surface area contributed by atoms with E-state index in [1.165, 1.54) is 6.26 Å². The van der Waals surface area contributed by atoms with Gasteiger partial charge in [-0.15, -0.1) is 0 Å². The Morgan fingerprint density at radius 3 is 2.44 bits per heavy atom. The monoisotopic (exact) mass is 381 g/mol. The third-order valence-corrected chi connectivity index (χ3v) is 4.36. The van der Waals surface area contributed by atoms with E-state index in [4.69, 9.17) is 4.42 Å². The molecule has 1 saturated heterocycles. The van der Waals surface area contributed by atoms with Crippen molar-refractivity contribution in [1.82, 2.24) is 9.80 Å². The smallest absolute Gasteiger partial charge is 0.289 e. The highest BCUT2D eigenvalue weighted by molar-refractivity contribution is 5.91. The van der Waals surface area contributed by atoms with E-state index >= 15 is 0 Å². The van der Waals surface area contributed by atoms with Crippen LogP contribution in [0.25, 0.3) is 0 Å². The number of nitrogens with one attached hydrogen (secondary N) is 1. The molecule has 0 bridgehead atoms. The number of amides is 2. The molecular weight excluding hydrogens is 363 g/mol. The van der Waals surface area contributed by atoms with Crippen molar-refractivity contribution in [2.24, 2.45) is 0 Å². The molecule has 6 nitrogen and oxygen atoms in total. The molecule has 2 heterocycles. The van der Waals surface area contributed by atoms with Crippen LogP contribution in [0, 0.1) is 17.5 Å². The predicted octanol–water partition coefficient (Wildman–Crippen LogP) is 2.48. The summed E-state index contributed by atoms with van der Waals surface area (Å²) in [5.41, 5.74) is -0.396. The molecule has 0 radical (unpaired) electrons. The summed E-state index contributed by atoms with van der Waals surface area (Å²) in [4.78, 5) is 27.8. The highest BCUT2D eigenvalue weighted by Crippen LogP contribution is 2.19. The van der Waals surface area contributed by atoms with Gasteiger partial charge in [-0.2, -0.15) is 0 Å². The van der Waals surface area contributed by atoms with E-state index in [2.05, 4.69) is 5.32 Å². The molecule has 3 rings (SSSR count). The van der Waals surface area contributed by atoms with Gasteiger partial charge in [-0.25, -0.2) is 13.2 Å². The van der Waals surface area contributed by atoms with E-state index < -0.39 is 29.0 Å². The largest absolute Gasteiger partial charge is 0.459 e. The molecule has 144 valence electrons. The Kier molecular flexibility index (Phi) is 5.80. The van der Waals surface area contributed by atoms with Gasteiger partial charge in [0, 0.05) is 39.1 Å². The van der Waals surface area contributed by atoms with Crippen LogP contribution in [0.3, 0.4) is 0 Å². The quantitative estimate of drug-likeness (QED) is 0.809. The van der Waals surface area contributed by atoms with Crippen molar-refractivity contribution in [3.63, 3.8) is 0 Å². The van der Waals surface area contributed by atoms with Crippen molar-refractivity contribution in [3.05, 3.63) is 53.7 Å². The lowest BCUT2D eigenvalue weighted by molar-refractivity contribution is -0.116. The molecule has 1 fully saturated rings. The second-order valence-corrected chi connectivity index (χ2v) is 6.13. The van der Waals surface area contributed by atoms with Gasteiger partial charge in [-0.05, 0) is 24.3 Å². The van der Waals surface area contributed by atoms with E-state index in [0.29, 0.717) is 32.7 Å². The minimum Gasteiger partial charge on any atom is -0.459 e. The first kappa shape index (κ1) is 19.0. The van der Waals surface area contributed by atoms with Gasteiger partial charge in [0.05, 0.1) is 12.0 Å². The van der Waals surface area contributed by atoms with Crippen LogP contribution in [0.2, 0.25) is 0 Å². The molecule has 2 amide bonds. The molecule has 1 aliphatic rings. The third-order valence-electron chi connectivity index (χ3n) is 4.36. The number of piperazine rings is 1. The van der Waals surface area contributed by atoms with Crippen LogP contribution < -0.4 is 5.32 Å². The lowest BCUT2D eigenvalue weighted by Crippen LogP contribution is -2.49. The SMILES string of the molecule is O=C(CCN1CCN(C(=O)c2ccco2)CC1)Nc1ccc(F)c(F)c1F. The summed E-state index contributed by atoms with van der Waals surface area (Å²) in [6, 6.07) is 4.99. The summed E-state index contributed by atoms with van der Waals surface area (Å²) >= 11 is 0. The number of anilines is 1. The topological polar surface area (TPSA) is 65.8 Å².